The quantitative estimate of drug-likeness (QED) is 0.736. The number of carboxylic acids is 1. The van der Waals surface area contributed by atoms with Crippen LogP contribution >= 0.6 is 0 Å². The van der Waals surface area contributed by atoms with Crippen LogP contribution in [0.3, 0.4) is 0 Å². The molecule has 0 spiro atoms. The molecule has 1 aliphatic heterocycles. The third-order valence-electron chi connectivity index (χ3n) is 3.73. The third-order valence-corrected chi connectivity index (χ3v) is 3.73. The van der Waals surface area contributed by atoms with Gasteiger partial charge in [-0.3, -0.25) is 4.79 Å². The Morgan fingerprint density at radius 2 is 1.92 bits per heavy atom. The lowest BCUT2D eigenvalue weighted by Gasteiger charge is -2.16. The van der Waals surface area contributed by atoms with Gasteiger partial charge in [0.2, 0.25) is 5.91 Å². The smallest absolute Gasteiger partial charge is 0.475 e. The van der Waals surface area contributed by atoms with Crippen molar-refractivity contribution in [1.82, 2.24) is 9.88 Å². The first-order chi connectivity index (χ1) is 12.1. The van der Waals surface area contributed by atoms with E-state index in [0.717, 1.165) is 29.4 Å². The molecule has 7 nitrogen and oxygen atoms in total. The van der Waals surface area contributed by atoms with E-state index in [2.05, 4.69) is 4.98 Å². The van der Waals surface area contributed by atoms with E-state index < -0.39 is 12.1 Å². The molecule has 1 atom stereocenters. The highest BCUT2D eigenvalue weighted by molar-refractivity contribution is 5.84. The maximum Gasteiger partial charge on any atom is 0.490 e. The molecule has 2 aromatic rings. The van der Waals surface area contributed by atoms with E-state index >= 15 is 0 Å². The molecular formula is C16H17F3N4O3. The Morgan fingerprint density at radius 3 is 2.46 bits per heavy atom. The highest BCUT2D eigenvalue weighted by Crippen LogP contribution is 2.19. The van der Waals surface area contributed by atoms with Gasteiger partial charge in [0.25, 0.3) is 0 Å². The lowest BCUT2D eigenvalue weighted by molar-refractivity contribution is -0.192. The fraction of sp³-hybridized carbons (Fsp3) is 0.312. The van der Waals surface area contributed by atoms with Gasteiger partial charge in [0, 0.05) is 18.5 Å². The summed E-state index contributed by atoms with van der Waals surface area (Å²) in [6.07, 6.45) is -4.35. The van der Waals surface area contributed by atoms with Crippen molar-refractivity contribution >= 4 is 28.6 Å². The van der Waals surface area contributed by atoms with Crippen molar-refractivity contribution in [2.45, 2.75) is 25.2 Å². The summed E-state index contributed by atoms with van der Waals surface area (Å²) in [7, 11) is 0. The first-order valence-electron chi connectivity index (χ1n) is 7.57. The Morgan fingerprint density at radius 1 is 1.31 bits per heavy atom. The molecule has 5 N–H and O–H groups in total. The van der Waals surface area contributed by atoms with E-state index in [0.29, 0.717) is 12.4 Å². The number of carboxylic acid groups (broad SMARTS) is 1. The summed E-state index contributed by atoms with van der Waals surface area (Å²) in [6.45, 7) is 1.31. The number of nitrogen functional groups attached to an aromatic ring is 1. The Kier molecular flexibility index (Phi) is 5.66. The molecular weight excluding hydrogens is 353 g/mol. The summed E-state index contributed by atoms with van der Waals surface area (Å²) in [5.41, 5.74) is 13.3. The van der Waals surface area contributed by atoms with Gasteiger partial charge in [0.1, 0.15) is 5.82 Å². The number of halogens is 3. The molecule has 1 aromatic carbocycles. The molecule has 0 radical (unpaired) electrons. The number of likely N-dealkylation sites (tertiary alicyclic amines) is 1. The number of alkyl halides is 3. The second kappa shape index (κ2) is 7.56. The van der Waals surface area contributed by atoms with Crippen molar-refractivity contribution in [3.05, 3.63) is 35.9 Å². The Labute approximate surface area is 146 Å². The van der Waals surface area contributed by atoms with Gasteiger partial charge in [-0.2, -0.15) is 13.2 Å². The third kappa shape index (κ3) is 4.82. The van der Waals surface area contributed by atoms with Crippen LogP contribution in [-0.4, -0.2) is 45.6 Å². The number of aromatic nitrogens is 1. The number of benzene rings is 1. The molecule has 1 fully saturated rings. The number of amides is 1. The number of anilines is 1. The Bertz CT molecular complexity index is 826. The van der Waals surface area contributed by atoms with Gasteiger partial charge >= 0.3 is 12.1 Å². The van der Waals surface area contributed by atoms with Crippen molar-refractivity contribution in [3.63, 3.8) is 0 Å². The van der Waals surface area contributed by atoms with E-state index in [4.69, 9.17) is 21.4 Å². The Balaban J connectivity index is 0.000000298. The predicted octanol–water partition coefficient (Wildman–Crippen LogP) is 1.51. The average molecular weight is 370 g/mol. The summed E-state index contributed by atoms with van der Waals surface area (Å²) in [6, 6.07) is 9.37. The number of carbonyl (C=O) groups is 2. The topological polar surface area (TPSA) is 123 Å². The average Bonchev–Trinajstić information content (AvgIpc) is 2.86. The minimum absolute atomic E-state index is 0.0284. The number of hydrogen-bond acceptors (Lipinski definition) is 5. The zero-order chi connectivity index (χ0) is 19.5. The molecule has 140 valence electrons. The first-order valence-corrected chi connectivity index (χ1v) is 7.57. The number of carbonyl (C=O) groups excluding carboxylic acids is 1. The van der Waals surface area contributed by atoms with Crippen molar-refractivity contribution in [2.75, 3.05) is 12.3 Å². The lowest BCUT2D eigenvalue weighted by Crippen LogP contribution is -2.33. The van der Waals surface area contributed by atoms with Crippen LogP contribution in [0.15, 0.2) is 30.3 Å². The molecule has 26 heavy (non-hydrogen) atoms. The minimum Gasteiger partial charge on any atom is -0.475 e. The number of nitrogens with zero attached hydrogens (tertiary/aromatic N) is 2. The van der Waals surface area contributed by atoms with Crippen LogP contribution in [0.4, 0.5) is 19.0 Å². The fourth-order valence-electron chi connectivity index (χ4n) is 2.42. The van der Waals surface area contributed by atoms with Gasteiger partial charge in [-0.15, -0.1) is 0 Å². The van der Waals surface area contributed by atoms with Gasteiger partial charge in [-0.25, -0.2) is 9.78 Å². The zero-order valence-electron chi connectivity index (χ0n) is 13.5. The monoisotopic (exact) mass is 370 g/mol. The minimum atomic E-state index is -5.08. The molecule has 1 aromatic heterocycles. The summed E-state index contributed by atoms with van der Waals surface area (Å²) in [5, 5.41) is 8.17. The summed E-state index contributed by atoms with van der Waals surface area (Å²) < 4.78 is 31.7. The van der Waals surface area contributed by atoms with Crippen molar-refractivity contribution in [2.24, 2.45) is 5.73 Å². The highest BCUT2D eigenvalue weighted by atomic mass is 19.4. The number of nitrogens with two attached hydrogens (primary N) is 2. The van der Waals surface area contributed by atoms with Crippen LogP contribution in [-0.2, 0) is 16.1 Å². The predicted molar refractivity (Wildman–Crippen MR) is 87.9 cm³/mol. The fourth-order valence-corrected chi connectivity index (χ4v) is 2.42. The molecule has 1 aliphatic rings. The van der Waals surface area contributed by atoms with E-state index in [-0.39, 0.29) is 11.9 Å². The van der Waals surface area contributed by atoms with E-state index in [9.17, 15) is 18.0 Å². The van der Waals surface area contributed by atoms with Gasteiger partial charge in [-0.05, 0) is 30.2 Å². The molecule has 10 heteroatoms. The van der Waals surface area contributed by atoms with Crippen LogP contribution in [0.1, 0.15) is 12.0 Å². The van der Waals surface area contributed by atoms with Gasteiger partial charge in [-0.1, -0.05) is 12.1 Å². The number of hydrogen-bond donors (Lipinski definition) is 3. The Hall–Kier alpha value is -2.88. The SMILES string of the molecule is Nc1ccc2ccc(CN3CC[C@H](N)C3=O)cc2n1.O=C(O)C(F)(F)F. The van der Waals surface area contributed by atoms with Crippen molar-refractivity contribution < 1.29 is 27.9 Å². The number of fused-ring (bicyclic) bond motifs is 1. The van der Waals surface area contributed by atoms with Crippen LogP contribution in [0.25, 0.3) is 10.9 Å². The summed E-state index contributed by atoms with van der Waals surface area (Å²) in [5.74, 6) is -2.22. The van der Waals surface area contributed by atoms with Crippen LogP contribution in [0.2, 0.25) is 0 Å². The normalized spacial score (nSPS) is 17.2. The van der Waals surface area contributed by atoms with Crippen LogP contribution in [0, 0.1) is 0 Å². The van der Waals surface area contributed by atoms with Crippen LogP contribution in [0.5, 0.6) is 0 Å². The van der Waals surface area contributed by atoms with Crippen LogP contribution < -0.4 is 11.5 Å². The van der Waals surface area contributed by atoms with Gasteiger partial charge < -0.3 is 21.5 Å². The molecule has 0 aliphatic carbocycles. The second-order valence-electron chi connectivity index (χ2n) is 5.72. The van der Waals surface area contributed by atoms with Crippen molar-refractivity contribution in [3.8, 4) is 0 Å². The second-order valence-corrected chi connectivity index (χ2v) is 5.72. The zero-order valence-corrected chi connectivity index (χ0v) is 13.5. The van der Waals surface area contributed by atoms with Crippen molar-refractivity contribution in [1.29, 1.82) is 0 Å². The molecule has 3 rings (SSSR count). The lowest BCUT2D eigenvalue weighted by atomic mass is 10.1. The standard InChI is InChI=1S/C14H16N4O.C2HF3O2/c15-11-5-6-18(14(11)19)8-9-1-2-10-3-4-13(16)17-12(10)7-9;3-2(4,5)1(6)7/h1-4,7,11H,5-6,8,15H2,(H2,16,17);(H,6,7)/t11-;/m0./s1. The summed E-state index contributed by atoms with van der Waals surface area (Å²) >= 11 is 0. The molecule has 2 heterocycles. The largest absolute Gasteiger partial charge is 0.490 e. The summed E-state index contributed by atoms with van der Waals surface area (Å²) in [4.78, 5) is 26.8. The van der Waals surface area contributed by atoms with E-state index in [1.54, 1.807) is 11.0 Å². The number of aliphatic carboxylic acids is 1. The van der Waals surface area contributed by atoms with Gasteiger partial charge in [0.05, 0.1) is 11.6 Å². The molecule has 1 amide bonds. The number of rotatable bonds is 2. The molecule has 1 saturated heterocycles. The van der Waals surface area contributed by atoms with E-state index in [1.165, 1.54) is 0 Å². The van der Waals surface area contributed by atoms with E-state index in [1.807, 2.05) is 24.3 Å². The first kappa shape index (κ1) is 19.4. The molecule has 0 bridgehead atoms. The maximum atomic E-state index is 11.8. The van der Waals surface area contributed by atoms with Gasteiger partial charge in [0.15, 0.2) is 0 Å². The maximum absolute atomic E-state index is 11.8. The molecule has 0 unspecified atom stereocenters. The number of pyridine rings is 1. The molecule has 0 saturated carbocycles. The highest BCUT2D eigenvalue weighted by Gasteiger charge is 2.38.